The van der Waals surface area contributed by atoms with Crippen molar-refractivity contribution in [3.8, 4) is 0 Å². The quantitative estimate of drug-likeness (QED) is 0.672. The van der Waals surface area contributed by atoms with Crippen LogP contribution in [-0.2, 0) is 7.05 Å². The van der Waals surface area contributed by atoms with Gasteiger partial charge in [0.2, 0.25) is 0 Å². The largest absolute Gasteiger partial charge is 0.382 e. The smallest absolute Gasteiger partial charge is 0.291 e. The molecule has 1 aromatic rings. The molecule has 1 N–H and O–H groups in total. The average molecular weight is 174 g/mol. The van der Waals surface area contributed by atoms with Crippen molar-refractivity contribution in [2.45, 2.75) is 0 Å². The average Bonchev–Trinajstić information content (AvgIpc) is 1.99. The van der Waals surface area contributed by atoms with Crippen LogP contribution >= 0.6 is 11.6 Å². The predicted molar refractivity (Wildman–Crippen MR) is 44.0 cm³/mol. The molecule has 1 aromatic heterocycles. The van der Waals surface area contributed by atoms with Crippen LogP contribution in [-0.4, -0.2) is 16.8 Å². The van der Waals surface area contributed by atoms with Crippen molar-refractivity contribution in [3.05, 3.63) is 21.6 Å². The molecule has 0 saturated carbocycles. The lowest BCUT2D eigenvalue weighted by atomic mass is 10.4. The molecular weight excluding hydrogens is 166 g/mol. The van der Waals surface area contributed by atoms with Crippen LogP contribution in [0.1, 0.15) is 0 Å². The van der Waals surface area contributed by atoms with Crippen molar-refractivity contribution < 1.29 is 0 Å². The van der Waals surface area contributed by atoms with Crippen LogP contribution < -0.4 is 10.9 Å². The Balaban J connectivity index is 3.41. The standard InChI is InChI=1S/C6H8ClN3O/c1-8-5-4(7)3-9-10(2)6(5)11/h3,8H,1-2H3. The molecule has 0 unspecified atom stereocenters. The first-order valence-corrected chi connectivity index (χ1v) is 3.44. The van der Waals surface area contributed by atoms with Gasteiger partial charge in [0.05, 0.1) is 11.2 Å². The summed E-state index contributed by atoms with van der Waals surface area (Å²) in [5.74, 6) is 0. The Morgan fingerprint density at radius 1 is 1.73 bits per heavy atom. The van der Waals surface area contributed by atoms with Crippen LogP contribution in [0.15, 0.2) is 11.0 Å². The van der Waals surface area contributed by atoms with Gasteiger partial charge >= 0.3 is 0 Å². The van der Waals surface area contributed by atoms with E-state index in [1.807, 2.05) is 0 Å². The highest BCUT2D eigenvalue weighted by molar-refractivity contribution is 6.32. The summed E-state index contributed by atoms with van der Waals surface area (Å²) in [6.45, 7) is 0. The molecule has 1 heterocycles. The Bertz CT molecular complexity index is 320. The molecule has 0 amide bonds. The summed E-state index contributed by atoms with van der Waals surface area (Å²) in [7, 11) is 3.21. The van der Waals surface area contributed by atoms with Crippen LogP contribution in [0.2, 0.25) is 5.02 Å². The van der Waals surface area contributed by atoms with Crippen molar-refractivity contribution in [1.29, 1.82) is 0 Å². The second-order valence-electron chi connectivity index (χ2n) is 2.05. The molecule has 60 valence electrons. The fourth-order valence-electron chi connectivity index (χ4n) is 0.745. The summed E-state index contributed by atoms with van der Waals surface area (Å²) in [5, 5.41) is 6.76. The van der Waals surface area contributed by atoms with E-state index in [0.29, 0.717) is 10.7 Å². The number of rotatable bonds is 1. The van der Waals surface area contributed by atoms with Crippen LogP contribution in [0.25, 0.3) is 0 Å². The Morgan fingerprint density at radius 3 is 2.82 bits per heavy atom. The van der Waals surface area contributed by atoms with Gasteiger partial charge in [-0.05, 0) is 0 Å². The second kappa shape index (κ2) is 2.92. The topological polar surface area (TPSA) is 46.9 Å². The van der Waals surface area contributed by atoms with Gasteiger partial charge in [-0.2, -0.15) is 5.10 Å². The summed E-state index contributed by atoms with van der Waals surface area (Å²) >= 11 is 5.66. The van der Waals surface area contributed by atoms with E-state index >= 15 is 0 Å². The number of aromatic nitrogens is 2. The van der Waals surface area contributed by atoms with Crippen LogP contribution in [0.5, 0.6) is 0 Å². The Kier molecular flexibility index (Phi) is 2.14. The lowest BCUT2D eigenvalue weighted by Gasteiger charge is -2.02. The Labute approximate surface area is 68.8 Å². The maximum atomic E-state index is 11.2. The molecule has 0 radical (unpaired) electrons. The number of aryl methyl sites for hydroxylation is 1. The number of nitrogens with one attached hydrogen (secondary N) is 1. The van der Waals surface area contributed by atoms with E-state index in [1.165, 1.54) is 10.9 Å². The second-order valence-corrected chi connectivity index (χ2v) is 2.45. The molecule has 0 saturated heterocycles. The Morgan fingerprint density at radius 2 is 2.36 bits per heavy atom. The highest BCUT2D eigenvalue weighted by Crippen LogP contribution is 2.13. The Hall–Kier alpha value is -1.03. The zero-order valence-corrected chi connectivity index (χ0v) is 7.01. The molecule has 0 fully saturated rings. The first kappa shape index (κ1) is 8.07. The van der Waals surface area contributed by atoms with Gasteiger partial charge in [0.25, 0.3) is 5.56 Å². The normalized spacial score (nSPS) is 9.73. The summed E-state index contributed by atoms with van der Waals surface area (Å²) in [6.07, 6.45) is 1.43. The predicted octanol–water partition coefficient (Wildman–Crippen LogP) is 0.475. The summed E-state index contributed by atoms with van der Waals surface area (Å²) < 4.78 is 1.22. The summed E-state index contributed by atoms with van der Waals surface area (Å²) in [5.41, 5.74) is 0.157. The van der Waals surface area contributed by atoms with Gasteiger partial charge < -0.3 is 5.32 Å². The number of halogens is 1. The third kappa shape index (κ3) is 1.35. The minimum atomic E-state index is -0.222. The number of hydrogen-bond donors (Lipinski definition) is 1. The van der Waals surface area contributed by atoms with Gasteiger partial charge in [-0.15, -0.1) is 0 Å². The van der Waals surface area contributed by atoms with Crippen molar-refractivity contribution >= 4 is 17.3 Å². The van der Waals surface area contributed by atoms with E-state index in [1.54, 1.807) is 14.1 Å². The van der Waals surface area contributed by atoms with Gasteiger partial charge in [-0.25, -0.2) is 4.68 Å². The van der Waals surface area contributed by atoms with Crippen LogP contribution in [0, 0.1) is 0 Å². The van der Waals surface area contributed by atoms with Crippen LogP contribution in [0.3, 0.4) is 0 Å². The van der Waals surface area contributed by atoms with Crippen molar-refractivity contribution in [2.75, 3.05) is 12.4 Å². The maximum absolute atomic E-state index is 11.2. The summed E-state index contributed by atoms with van der Waals surface area (Å²) in [6, 6.07) is 0. The fraction of sp³-hybridized carbons (Fsp3) is 0.333. The molecule has 5 heteroatoms. The third-order valence-electron chi connectivity index (χ3n) is 1.34. The molecular formula is C6H8ClN3O. The molecule has 11 heavy (non-hydrogen) atoms. The monoisotopic (exact) mass is 173 g/mol. The molecule has 0 aliphatic rings. The molecule has 0 spiro atoms. The molecule has 1 rings (SSSR count). The van der Waals surface area contributed by atoms with Gasteiger partial charge in [-0.3, -0.25) is 4.79 Å². The van der Waals surface area contributed by atoms with Crippen molar-refractivity contribution in [2.24, 2.45) is 7.05 Å². The highest BCUT2D eigenvalue weighted by atomic mass is 35.5. The van der Waals surface area contributed by atoms with E-state index in [2.05, 4.69) is 10.4 Å². The van der Waals surface area contributed by atoms with E-state index in [4.69, 9.17) is 11.6 Å². The third-order valence-corrected chi connectivity index (χ3v) is 1.63. The van der Waals surface area contributed by atoms with Gasteiger partial charge in [0.1, 0.15) is 5.69 Å². The van der Waals surface area contributed by atoms with Crippen molar-refractivity contribution in [1.82, 2.24) is 9.78 Å². The van der Waals surface area contributed by atoms with Crippen molar-refractivity contribution in [3.63, 3.8) is 0 Å². The van der Waals surface area contributed by atoms with Crippen LogP contribution in [0.4, 0.5) is 5.69 Å². The molecule has 0 bridgehead atoms. The first-order valence-electron chi connectivity index (χ1n) is 3.06. The minimum Gasteiger partial charge on any atom is -0.382 e. The lowest BCUT2D eigenvalue weighted by molar-refractivity contribution is 0.709. The summed E-state index contributed by atoms with van der Waals surface area (Å²) in [4.78, 5) is 11.2. The first-order chi connectivity index (χ1) is 5.16. The maximum Gasteiger partial charge on any atom is 0.291 e. The lowest BCUT2D eigenvalue weighted by Crippen LogP contribution is -2.22. The molecule has 0 aliphatic carbocycles. The number of nitrogens with zero attached hydrogens (tertiary/aromatic N) is 2. The fourth-order valence-corrected chi connectivity index (χ4v) is 0.964. The van der Waals surface area contributed by atoms with E-state index in [0.717, 1.165) is 0 Å². The van der Waals surface area contributed by atoms with E-state index < -0.39 is 0 Å². The van der Waals surface area contributed by atoms with E-state index in [-0.39, 0.29) is 5.56 Å². The molecule has 0 atom stereocenters. The molecule has 0 aliphatic heterocycles. The number of anilines is 1. The molecule has 4 nitrogen and oxygen atoms in total. The number of hydrogen-bond acceptors (Lipinski definition) is 3. The zero-order chi connectivity index (χ0) is 8.43. The SMILES string of the molecule is CNc1c(Cl)cnn(C)c1=O. The van der Waals surface area contributed by atoms with Gasteiger partial charge in [0, 0.05) is 14.1 Å². The van der Waals surface area contributed by atoms with Gasteiger partial charge in [0.15, 0.2) is 0 Å². The van der Waals surface area contributed by atoms with E-state index in [9.17, 15) is 4.79 Å². The minimum absolute atomic E-state index is 0.222. The molecule has 0 aromatic carbocycles. The highest BCUT2D eigenvalue weighted by Gasteiger charge is 2.04. The zero-order valence-electron chi connectivity index (χ0n) is 6.26. The van der Waals surface area contributed by atoms with Gasteiger partial charge in [-0.1, -0.05) is 11.6 Å².